The summed E-state index contributed by atoms with van der Waals surface area (Å²) in [6, 6.07) is 67.4. The quantitative estimate of drug-likeness (QED) is 0.187. The molecular weight excluding hydrogens is 669 g/mol. The van der Waals surface area contributed by atoms with Crippen LogP contribution in [0, 0.1) is 0 Å². The summed E-state index contributed by atoms with van der Waals surface area (Å²) in [6.07, 6.45) is 0.552. The van der Waals surface area contributed by atoms with Crippen LogP contribution in [0.2, 0.25) is 0 Å². The van der Waals surface area contributed by atoms with E-state index in [9.17, 15) is 0 Å². The fourth-order valence-electron chi connectivity index (χ4n) is 8.90. The van der Waals surface area contributed by atoms with E-state index in [4.69, 9.17) is 9.41 Å². The molecule has 8 aromatic carbocycles. The molecule has 1 N–H and O–H groups in total. The molecule has 55 heavy (non-hydrogen) atoms. The topological polar surface area (TPSA) is 37.5 Å². The lowest BCUT2D eigenvalue weighted by atomic mass is 9.88. The molecule has 0 saturated carbocycles. The second-order valence-corrected chi connectivity index (χ2v) is 14.6. The molecule has 3 heteroatoms. The summed E-state index contributed by atoms with van der Waals surface area (Å²) < 4.78 is 6.84. The fourth-order valence-corrected chi connectivity index (χ4v) is 8.90. The third-order valence-corrected chi connectivity index (χ3v) is 11.5. The average molecular weight is 705 g/mol. The Kier molecular flexibility index (Phi) is 7.38. The van der Waals surface area contributed by atoms with Crippen LogP contribution in [-0.4, -0.2) is 5.71 Å². The highest BCUT2D eigenvalue weighted by atomic mass is 16.3. The Bertz CT molecular complexity index is 2920. The minimum atomic E-state index is -0.292. The van der Waals surface area contributed by atoms with Crippen molar-refractivity contribution in [3.05, 3.63) is 221 Å². The largest absolute Gasteiger partial charge is 0.456 e. The zero-order valence-corrected chi connectivity index (χ0v) is 30.1. The summed E-state index contributed by atoms with van der Waals surface area (Å²) in [5, 5.41) is 6.01. The van der Waals surface area contributed by atoms with Crippen molar-refractivity contribution < 1.29 is 4.42 Å². The molecule has 2 aliphatic rings. The Morgan fingerprint density at radius 3 is 1.91 bits per heavy atom. The van der Waals surface area contributed by atoms with Crippen LogP contribution in [0.3, 0.4) is 0 Å². The molecule has 2 heterocycles. The lowest BCUT2D eigenvalue weighted by molar-refractivity contribution is 0.658. The Morgan fingerprint density at radius 2 is 1.09 bits per heavy atom. The Morgan fingerprint density at radius 1 is 0.473 bits per heavy atom. The highest BCUT2D eigenvalue weighted by molar-refractivity contribution is 6.17. The first-order valence-electron chi connectivity index (χ1n) is 19.1. The smallest absolute Gasteiger partial charge is 0.146 e. The molecule has 0 fully saturated rings. The molecule has 0 saturated heterocycles. The van der Waals surface area contributed by atoms with E-state index in [1.807, 2.05) is 0 Å². The summed E-state index contributed by atoms with van der Waals surface area (Å²) in [4.78, 5) is 5.45. The van der Waals surface area contributed by atoms with Crippen molar-refractivity contribution in [3.63, 3.8) is 0 Å². The van der Waals surface area contributed by atoms with E-state index >= 15 is 0 Å². The Labute approximate surface area is 320 Å². The number of hydrogen-bond donors (Lipinski definition) is 1. The molecule has 260 valence electrons. The van der Waals surface area contributed by atoms with Crippen molar-refractivity contribution in [2.24, 2.45) is 4.99 Å². The number of hydrogen-bond acceptors (Lipinski definition) is 3. The van der Waals surface area contributed by atoms with E-state index in [1.54, 1.807) is 0 Å². The molecule has 0 bridgehead atoms. The SMILES string of the molecule is c1ccc(-c2ccc(C3=NC(c4cccc5oc6c(CC7c8ccccc8-c8cc(-c9ccccc9)ccc87)cccc6c45)Nc4ccccc43)cc2)cc1. The van der Waals surface area contributed by atoms with Crippen LogP contribution in [0.25, 0.3) is 55.3 Å². The third kappa shape index (κ3) is 5.31. The zero-order chi connectivity index (χ0) is 36.3. The van der Waals surface area contributed by atoms with Gasteiger partial charge in [0.15, 0.2) is 0 Å². The van der Waals surface area contributed by atoms with Gasteiger partial charge < -0.3 is 9.73 Å². The van der Waals surface area contributed by atoms with Gasteiger partial charge in [-0.2, -0.15) is 0 Å². The first-order chi connectivity index (χ1) is 27.3. The van der Waals surface area contributed by atoms with E-state index in [1.165, 1.54) is 50.1 Å². The van der Waals surface area contributed by atoms with Gasteiger partial charge in [-0.25, -0.2) is 0 Å². The van der Waals surface area contributed by atoms with Crippen LogP contribution in [0.15, 0.2) is 197 Å². The van der Waals surface area contributed by atoms with Crippen molar-refractivity contribution >= 4 is 33.3 Å². The van der Waals surface area contributed by atoms with E-state index in [-0.39, 0.29) is 12.1 Å². The van der Waals surface area contributed by atoms with Crippen molar-refractivity contribution in [1.82, 2.24) is 0 Å². The van der Waals surface area contributed by atoms with Gasteiger partial charge in [-0.05, 0) is 74.7 Å². The molecule has 11 rings (SSSR count). The number of anilines is 1. The maximum Gasteiger partial charge on any atom is 0.146 e. The lowest BCUT2D eigenvalue weighted by Crippen LogP contribution is -2.20. The number of aliphatic imine (C=N–C) groups is 1. The molecule has 2 unspecified atom stereocenters. The monoisotopic (exact) mass is 704 g/mol. The van der Waals surface area contributed by atoms with E-state index in [0.29, 0.717) is 0 Å². The lowest BCUT2D eigenvalue weighted by Gasteiger charge is -2.26. The normalized spacial score (nSPS) is 15.6. The minimum absolute atomic E-state index is 0.228. The highest BCUT2D eigenvalue weighted by Gasteiger charge is 2.31. The molecule has 3 nitrogen and oxygen atoms in total. The second-order valence-electron chi connectivity index (χ2n) is 14.6. The van der Waals surface area contributed by atoms with Crippen LogP contribution in [0.5, 0.6) is 0 Å². The summed E-state index contributed by atoms with van der Waals surface area (Å²) in [5.74, 6) is 0.228. The molecule has 0 amide bonds. The molecule has 9 aromatic rings. The first-order valence-corrected chi connectivity index (χ1v) is 19.1. The van der Waals surface area contributed by atoms with Crippen molar-refractivity contribution in [3.8, 4) is 33.4 Å². The molecule has 2 atom stereocenters. The maximum atomic E-state index is 6.84. The van der Waals surface area contributed by atoms with Gasteiger partial charge >= 0.3 is 0 Å². The van der Waals surface area contributed by atoms with E-state index < -0.39 is 0 Å². The number of para-hydroxylation sites is 2. The number of benzene rings is 8. The fraction of sp³-hybridized carbons (Fsp3) is 0.0577. The molecule has 0 radical (unpaired) electrons. The predicted octanol–water partition coefficient (Wildman–Crippen LogP) is 13.2. The van der Waals surface area contributed by atoms with Gasteiger partial charge in [0.2, 0.25) is 0 Å². The summed E-state index contributed by atoms with van der Waals surface area (Å²) in [5.41, 5.74) is 18.7. The molecule has 1 aliphatic heterocycles. The van der Waals surface area contributed by atoms with Gasteiger partial charge in [-0.1, -0.05) is 170 Å². The van der Waals surface area contributed by atoms with Crippen molar-refractivity contribution in [1.29, 1.82) is 0 Å². The number of nitrogens with zero attached hydrogens (tertiary/aromatic N) is 1. The number of rotatable bonds is 6. The summed E-state index contributed by atoms with van der Waals surface area (Å²) in [6.45, 7) is 0. The van der Waals surface area contributed by atoms with Crippen LogP contribution >= 0.6 is 0 Å². The van der Waals surface area contributed by atoms with Crippen molar-refractivity contribution in [2.45, 2.75) is 18.5 Å². The van der Waals surface area contributed by atoms with Crippen LogP contribution in [-0.2, 0) is 6.42 Å². The van der Waals surface area contributed by atoms with Gasteiger partial charge in [0, 0.05) is 39.1 Å². The molecular formula is C52H36N2O. The van der Waals surface area contributed by atoms with Gasteiger partial charge in [0.1, 0.15) is 17.3 Å². The molecule has 0 spiro atoms. The van der Waals surface area contributed by atoms with Gasteiger partial charge in [-0.15, -0.1) is 0 Å². The third-order valence-electron chi connectivity index (χ3n) is 11.5. The minimum Gasteiger partial charge on any atom is -0.456 e. The number of nitrogens with one attached hydrogen (secondary N) is 1. The van der Waals surface area contributed by atoms with E-state index in [2.05, 4.69) is 193 Å². The predicted molar refractivity (Wildman–Crippen MR) is 227 cm³/mol. The summed E-state index contributed by atoms with van der Waals surface area (Å²) >= 11 is 0. The van der Waals surface area contributed by atoms with Gasteiger partial charge in [-0.3, -0.25) is 4.99 Å². The Balaban J connectivity index is 0.991. The molecule has 1 aromatic heterocycles. The van der Waals surface area contributed by atoms with Gasteiger partial charge in [0.25, 0.3) is 0 Å². The van der Waals surface area contributed by atoms with Crippen LogP contribution in [0.1, 0.15) is 45.5 Å². The zero-order valence-electron chi connectivity index (χ0n) is 30.1. The number of furan rings is 1. The van der Waals surface area contributed by atoms with Gasteiger partial charge in [0.05, 0.1) is 5.71 Å². The van der Waals surface area contributed by atoms with Crippen LogP contribution in [0.4, 0.5) is 5.69 Å². The second kappa shape index (κ2) is 12.9. The highest BCUT2D eigenvalue weighted by Crippen LogP contribution is 2.48. The van der Waals surface area contributed by atoms with E-state index in [0.717, 1.165) is 56.4 Å². The maximum absolute atomic E-state index is 6.84. The molecule has 1 aliphatic carbocycles. The average Bonchev–Trinajstić information content (AvgIpc) is 3.80. The Hall–Kier alpha value is -6.97. The standard InChI is InChI=1S/C52H36N2O/c1-3-13-33(14-4-1)35-25-27-36(28-26-35)50-42-20-9-10-23-47(42)53-52(54-50)44-22-12-24-48-49(44)43-21-11-17-38(51(43)55-48)32-46-40-19-8-7-18-39(40)45-31-37(29-30-41(45)46)34-15-5-2-6-16-34/h1-31,46,52-53H,32H2. The van der Waals surface area contributed by atoms with Crippen molar-refractivity contribution in [2.75, 3.05) is 5.32 Å². The first kappa shape index (κ1) is 31.5. The number of fused-ring (bicyclic) bond motifs is 7. The van der Waals surface area contributed by atoms with Crippen LogP contribution < -0.4 is 5.32 Å². The summed E-state index contributed by atoms with van der Waals surface area (Å²) in [7, 11) is 0.